The predicted molar refractivity (Wildman–Crippen MR) is 194 cm³/mol. The van der Waals surface area contributed by atoms with Crippen molar-refractivity contribution in [3.8, 4) is 34.4 Å². The van der Waals surface area contributed by atoms with Crippen LogP contribution in [0, 0.1) is 0 Å². The maximum absolute atomic E-state index is 6.04. The van der Waals surface area contributed by atoms with Gasteiger partial charge in [-0.15, -0.1) is 0 Å². The standard InChI is InChI=1S/C27H15N3O3.6C2H6/c1-4-10-22-19(7-1)28-25(31-22)16-13-17(26-29-20-8-2-5-11-23(20)32-26)15-18(14-16)27-30-21-9-3-6-12-24(21)33-27;6*1-2/h1-15H;6*1-2H3. The van der Waals surface area contributed by atoms with Gasteiger partial charge >= 0.3 is 0 Å². The summed E-state index contributed by atoms with van der Waals surface area (Å²) in [5, 5.41) is 0. The lowest BCUT2D eigenvalue weighted by molar-refractivity contribution is 0.615. The lowest BCUT2D eigenvalue weighted by Gasteiger charge is -2.04. The molecule has 3 aromatic heterocycles. The van der Waals surface area contributed by atoms with Crippen molar-refractivity contribution in [2.75, 3.05) is 0 Å². The zero-order valence-electron chi connectivity index (χ0n) is 29.2. The van der Waals surface area contributed by atoms with Gasteiger partial charge in [0, 0.05) is 16.7 Å². The van der Waals surface area contributed by atoms with Crippen LogP contribution in [0.15, 0.2) is 104 Å². The molecule has 6 heteroatoms. The zero-order valence-corrected chi connectivity index (χ0v) is 29.2. The molecule has 0 spiro atoms. The van der Waals surface area contributed by atoms with Crippen LogP contribution in [0.1, 0.15) is 83.1 Å². The molecule has 0 aliphatic carbocycles. The minimum absolute atomic E-state index is 0.506. The van der Waals surface area contributed by atoms with E-state index in [2.05, 4.69) is 15.0 Å². The van der Waals surface area contributed by atoms with E-state index >= 15 is 0 Å². The number of aromatic nitrogens is 3. The third-order valence-corrected chi connectivity index (χ3v) is 5.56. The Labute approximate surface area is 269 Å². The van der Waals surface area contributed by atoms with E-state index in [1.165, 1.54) is 0 Å². The van der Waals surface area contributed by atoms with Gasteiger partial charge < -0.3 is 13.3 Å². The number of hydrogen-bond donors (Lipinski definition) is 0. The number of rotatable bonds is 3. The maximum atomic E-state index is 6.04. The second-order valence-corrected chi connectivity index (χ2v) is 7.76. The SMILES string of the molecule is CC.CC.CC.CC.CC.CC.c1ccc2oc(-c3cc(-c4nc5ccccc5o4)cc(-c4nc5ccccc5o4)c3)nc2c1. The highest BCUT2D eigenvalue weighted by molar-refractivity contribution is 5.83. The summed E-state index contributed by atoms with van der Waals surface area (Å²) in [6.07, 6.45) is 0. The highest BCUT2D eigenvalue weighted by atomic mass is 16.4. The van der Waals surface area contributed by atoms with Crippen LogP contribution in [-0.4, -0.2) is 15.0 Å². The smallest absolute Gasteiger partial charge is 0.227 e. The molecule has 6 nitrogen and oxygen atoms in total. The van der Waals surface area contributed by atoms with Crippen LogP contribution < -0.4 is 0 Å². The Morgan fingerprint density at radius 3 is 0.778 bits per heavy atom. The Balaban J connectivity index is 0.000000763. The molecule has 0 unspecified atom stereocenters. The lowest BCUT2D eigenvalue weighted by atomic mass is 10.1. The summed E-state index contributed by atoms with van der Waals surface area (Å²) in [4.78, 5) is 14.0. The molecule has 0 N–H and O–H groups in total. The summed E-state index contributed by atoms with van der Waals surface area (Å²) in [5.41, 5.74) is 6.90. The average molecular weight is 610 g/mol. The summed E-state index contributed by atoms with van der Waals surface area (Å²) in [6, 6.07) is 29.0. The van der Waals surface area contributed by atoms with E-state index in [0.717, 1.165) is 50.0 Å². The fourth-order valence-corrected chi connectivity index (χ4v) is 3.99. The van der Waals surface area contributed by atoms with Crippen molar-refractivity contribution in [3.63, 3.8) is 0 Å². The number of nitrogens with zero attached hydrogens (tertiary/aromatic N) is 3. The molecule has 0 aliphatic heterocycles. The molecule has 0 saturated carbocycles. The highest BCUT2D eigenvalue weighted by Crippen LogP contribution is 2.35. The van der Waals surface area contributed by atoms with Gasteiger partial charge in [-0.3, -0.25) is 0 Å². The first-order valence-corrected chi connectivity index (χ1v) is 16.5. The monoisotopic (exact) mass is 609 g/mol. The van der Waals surface area contributed by atoms with Crippen LogP contribution in [0.2, 0.25) is 0 Å². The molecule has 4 aromatic carbocycles. The van der Waals surface area contributed by atoms with Crippen molar-refractivity contribution >= 4 is 33.3 Å². The molecule has 0 aliphatic rings. The van der Waals surface area contributed by atoms with Crippen LogP contribution in [0.5, 0.6) is 0 Å². The Morgan fingerprint density at radius 2 is 0.556 bits per heavy atom. The number of oxazole rings is 3. The van der Waals surface area contributed by atoms with Crippen molar-refractivity contribution in [1.29, 1.82) is 0 Å². The van der Waals surface area contributed by atoms with Crippen LogP contribution in [0.25, 0.3) is 67.7 Å². The van der Waals surface area contributed by atoms with Crippen molar-refractivity contribution in [3.05, 3.63) is 91.0 Å². The zero-order chi connectivity index (χ0) is 33.8. The van der Waals surface area contributed by atoms with Crippen LogP contribution in [0.4, 0.5) is 0 Å². The number of para-hydroxylation sites is 6. The van der Waals surface area contributed by atoms with Gasteiger partial charge in [0.1, 0.15) is 16.6 Å². The van der Waals surface area contributed by atoms with Gasteiger partial charge in [-0.1, -0.05) is 119 Å². The molecular weight excluding hydrogens is 558 g/mol. The molecular formula is C39H51N3O3. The third kappa shape index (κ3) is 9.39. The topological polar surface area (TPSA) is 78.1 Å². The quantitative estimate of drug-likeness (QED) is 0.198. The van der Waals surface area contributed by atoms with Crippen molar-refractivity contribution in [2.45, 2.75) is 83.1 Å². The van der Waals surface area contributed by atoms with Crippen LogP contribution in [0.3, 0.4) is 0 Å². The normalized spacial score (nSPS) is 9.33. The van der Waals surface area contributed by atoms with Crippen molar-refractivity contribution in [2.24, 2.45) is 0 Å². The Morgan fingerprint density at radius 1 is 0.333 bits per heavy atom. The second-order valence-electron chi connectivity index (χ2n) is 7.76. The van der Waals surface area contributed by atoms with Gasteiger partial charge in [0.05, 0.1) is 0 Å². The molecule has 3 heterocycles. The van der Waals surface area contributed by atoms with E-state index in [0.29, 0.717) is 17.7 Å². The van der Waals surface area contributed by atoms with Crippen LogP contribution >= 0.6 is 0 Å². The number of fused-ring (bicyclic) bond motifs is 3. The first kappa shape index (κ1) is 38.3. The van der Waals surface area contributed by atoms with E-state index < -0.39 is 0 Å². The molecule has 0 saturated heterocycles. The summed E-state index contributed by atoms with van der Waals surface area (Å²) in [7, 11) is 0. The predicted octanol–water partition coefficient (Wildman–Crippen LogP) is 13.3. The van der Waals surface area contributed by atoms with Gasteiger partial charge in [-0.2, -0.15) is 0 Å². The van der Waals surface area contributed by atoms with Gasteiger partial charge in [0.25, 0.3) is 0 Å². The van der Waals surface area contributed by atoms with Crippen molar-refractivity contribution < 1.29 is 13.3 Å². The molecule has 7 aromatic rings. The minimum Gasteiger partial charge on any atom is -0.436 e. The Hall–Kier alpha value is -4.71. The molecule has 0 radical (unpaired) electrons. The average Bonchev–Trinajstić information content (AvgIpc) is 3.90. The van der Waals surface area contributed by atoms with E-state index in [4.69, 9.17) is 13.3 Å². The molecule has 0 atom stereocenters. The molecule has 0 amide bonds. The Kier molecular flexibility index (Phi) is 17.9. The molecule has 240 valence electrons. The summed E-state index contributed by atoms with van der Waals surface area (Å²) in [6.45, 7) is 24.0. The second kappa shape index (κ2) is 21.1. The van der Waals surface area contributed by atoms with Crippen LogP contribution in [-0.2, 0) is 0 Å². The van der Waals surface area contributed by atoms with Crippen molar-refractivity contribution in [1.82, 2.24) is 15.0 Å². The third-order valence-electron chi connectivity index (χ3n) is 5.56. The van der Waals surface area contributed by atoms with Gasteiger partial charge in [0.15, 0.2) is 16.7 Å². The first-order valence-electron chi connectivity index (χ1n) is 16.5. The van der Waals surface area contributed by atoms with Gasteiger partial charge in [-0.25, -0.2) is 15.0 Å². The van der Waals surface area contributed by atoms with Gasteiger partial charge in [-0.05, 0) is 54.6 Å². The number of hydrogen-bond acceptors (Lipinski definition) is 6. The summed E-state index contributed by atoms with van der Waals surface area (Å²) in [5.74, 6) is 1.52. The molecule has 0 fully saturated rings. The van der Waals surface area contributed by atoms with E-state index in [1.54, 1.807) is 0 Å². The highest BCUT2D eigenvalue weighted by Gasteiger charge is 2.17. The maximum Gasteiger partial charge on any atom is 0.227 e. The number of benzene rings is 4. The van der Waals surface area contributed by atoms with E-state index in [9.17, 15) is 0 Å². The van der Waals surface area contributed by atoms with E-state index in [-0.39, 0.29) is 0 Å². The lowest BCUT2D eigenvalue weighted by Crippen LogP contribution is -1.86. The van der Waals surface area contributed by atoms with Gasteiger partial charge in [0.2, 0.25) is 17.7 Å². The molecule has 7 rings (SSSR count). The largest absolute Gasteiger partial charge is 0.436 e. The molecule has 45 heavy (non-hydrogen) atoms. The fraction of sp³-hybridized carbons (Fsp3) is 0.308. The summed E-state index contributed by atoms with van der Waals surface area (Å²) < 4.78 is 18.1. The molecule has 0 bridgehead atoms. The first-order chi connectivity index (χ1) is 22.3. The summed E-state index contributed by atoms with van der Waals surface area (Å²) >= 11 is 0. The minimum atomic E-state index is 0.506. The van der Waals surface area contributed by atoms with E-state index in [1.807, 2.05) is 174 Å². The Bertz CT molecular complexity index is 1470. The fourth-order valence-electron chi connectivity index (χ4n) is 3.99.